The van der Waals surface area contributed by atoms with Gasteiger partial charge in [0.05, 0.1) is 0 Å². The van der Waals surface area contributed by atoms with Crippen molar-refractivity contribution in [3.05, 3.63) is 35.4 Å². The van der Waals surface area contributed by atoms with Crippen LogP contribution in [0.4, 0.5) is 8.78 Å². The topological polar surface area (TPSA) is 12.0 Å². The maximum Gasteiger partial charge on any atom is 0.129 e. The Morgan fingerprint density at radius 2 is 1.88 bits per heavy atom. The van der Waals surface area contributed by atoms with Crippen molar-refractivity contribution in [3.8, 4) is 0 Å². The van der Waals surface area contributed by atoms with Crippen LogP contribution in [0.1, 0.15) is 19.4 Å². The summed E-state index contributed by atoms with van der Waals surface area (Å²) in [5.74, 6) is -0.123. The van der Waals surface area contributed by atoms with Crippen molar-refractivity contribution >= 4 is 0 Å². The Morgan fingerprint density at radius 3 is 2.44 bits per heavy atom. The molecule has 90 valence electrons. The first-order chi connectivity index (χ1) is 7.54. The van der Waals surface area contributed by atoms with Crippen molar-refractivity contribution in [1.29, 1.82) is 0 Å². The molecule has 0 amide bonds. The zero-order chi connectivity index (χ0) is 12.1. The quantitative estimate of drug-likeness (QED) is 0.815. The fraction of sp³-hybridized carbons (Fsp3) is 0.538. The minimum absolute atomic E-state index is 0.368. The van der Waals surface area contributed by atoms with E-state index in [1.807, 2.05) is 7.05 Å². The van der Waals surface area contributed by atoms with E-state index in [1.54, 1.807) is 0 Å². The lowest BCUT2D eigenvalue weighted by Crippen LogP contribution is -2.23. The van der Waals surface area contributed by atoms with Gasteiger partial charge in [-0.2, -0.15) is 0 Å². The Bertz CT molecular complexity index is 339. The van der Waals surface area contributed by atoms with Gasteiger partial charge in [-0.15, -0.1) is 0 Å². The number of hydrogen-bond acceptors (Lipinski definition) is 1. The Hall–Kier alpha value is -0.960. The minimum Gasteiger partial charge on any atom is -0.319 e. The fourth-order valence-corrected chi connectivity index (χ4v) is 1.76. The number of rotatable bonds is 5. The maximum atomic E-state index is 13.4. The molecule has 0 heterocycles. The van der Waals surface area contributed by atoms with Crippen molar-refractivity contribution in [2.24, 2.45) is 11.8 Å². The highest BCUT2D eigenvalue weighted by molar-refractivity contribution is 5.19. The minimum atomic E-state index is -0.517. The van der Waals surface area contributed by atoms with E-state index >= 15 is 0 Å². The van der Waals surface area contributed by atoms with Gasteiger partial charge in [-0.3, -0.25) is 0 Å². The Kier molecular flexibility index (Phi) is 4.87. The number of hydrogen-bond donors (Lipinski definition) is 1. The molecule has 1 aromatic rings. The molecule has 2 unspecified atom stereocenters. The van der Waals surface area contributed by atoms with E-state index in [-0.39, 0.29) is 0 Å². The molecule has 1 N–H and O–H groups in total. The molecule has 1 nitrogen and oxygen atoms in total. The smallest absolute Gasteiger partial charge is 0.129 e. The lowest BCUT2D eigenvalue weighted by atomic mass is 9.89. The zero-order valence-electron chi connectivity index (χ0n) is 10.1. The lowest BCUT2D eigenvalue weighted by Gasteiger charge is -2.19. The first kappa shape index (κ1) is 13.1. The van der Waals surface area contributed by atoms with Crippen LogP contribution in [0.15, 0.2) is 18.2 Å². The second-order valence-electron chi connectivity index (χ2n) is 4.45. The molecule has 16 heavy (non-hydrogen) atoms. The zero-order valence-corrected chi connectivity index (χ0v) is 10.1. The highest BCUT2D eigenvalue weighted by Gasteiger charge is 2.14. The molecule has 0 saturated heterocycles. The van der Waals surface area contributed by atoms with E-state index in [0.29, 0.717) is 23.8 Å². The van der Waals surface area contributed by atoms with E-state index in [1.165, 1.54) is 12.1 Å². The third-order valence-corrected chi connectivity index (χ3v) is 3.05. The van der Waals surface area contributed by atoms with Crippen LogP contribution in [-0.2, 0) is 6.42 Å². The third kappa shape index (κ3) is 3.56. The van der Waals surface area contributed by atoms with Crippen LogP contribution in [0.3, 0.4) is 0 Å². The van der Waals surface area contributed by atoms with E-state index in [0.717, 1.165) is 12.6 Å². The molecule has 0 aromatic heterocycles. The van der Waals surface area contributed by atoms with E-state index < -0.39 is 11.6 Å². The summed E-state index contributed by atoms with van der Waals surface area (Å²) in [6, 6.07) is 3.80. The molecule has 0 bridgehead atoms. The molecule has 0 aliphatic heterocycles. The van der Waals surface area contributed by atoms with Gasteiger partial charge in [0.25, 0.3) is 0 Å². The summed E-state index contributed by atoms with van der Waals surface area (Å²) >= 11 is 0. The summed E-state index contributed by atoms with van der Waals surface area (Å²) in [7, 11) is 1.90. The molecule has 1 aromatic carbocycles. The molecule has 1 rings (SSSR count). The SMILES string of the molecule is CNCC(C)C(C)Cc1ccc(F)cc1F. The van der Waals surface area contributed by atoms with Gasteiger partial charge in [-0.1, -0.05) is 19.9 Å². The summed E-state index contributed by atoms with van der Waals surface area (Å²) in [6.07, 6.45) is 0.648. The van der Waals surface area contributed by atoms with Crippen molar-refractivity contribution in [3.63, 3.8) is 0 Å². The average Bonchev–Trinajstić information content (AvgIpc) is 2.22. The lowest BCUT2D eigenvalue weighted by molar-refractivity contribution is 0.370. The molecule has 0 spiro atoms. The van der Waals surface area contributed by atoms with Gasteiger partial charge in [-0.05, 0) is 43.5 Å². The van der Waals surface area contributed by atoms with Gasteiger partial charge in [0.15, 0.2) is 0 Å². The monoisotopic (exact) mass is 227 g/mol. The first-order valence-corrected chi connectivity index (χ1v) is 5.63. The van der Waals surface area contributed by atoms with Gasteiger partial charge in [0.1, 0.15) is 11.6 Å². The number of nitrogens with one attached hydrogen (secondary N) is 1. The van der Waals surface area contributed by atoms with Crippen molar-refractivity contribution in [1.82, 2.24) is 5.32 Å². The van der Waals surface area contributed by atoms with Gasteiger partial charge in [0, 0.05) is 6.07 Å². The molecule has 0 aliphatic rings. The predicted octanol–water partition coefficient (Wildman–Crippen LogP) is 3.00. The highest BCUT2D eigenvalue weighted by Crippen LogP contribution is 2.19. The molecule has 0 saturated carbocycles. The number of benzene rings is 1. The normalized spacial score (nSPS) is 14.8. The van der Waals surface area contributed by atoms with Gasteiger partial charge in [-0.25, -0.2) is 8.78 Å². The summed E-state index contributed by atoms with van der Waals surface area (Å²) < 4.78 is 26.1. The summed E-state index contributed by atoms with van der Waals surface area (Å²) in [4.78, 5) is 0. The summed E-state index contributed by atoms with van der Waals surface area (Å²) in [5, 5.41) is 3.10. The van der Waals surface area contributed by atoms with E-state index in [9.17, 15) is 8.78 Å². The molecular formula is C13H19F2N. The van der Waals surface area contributed by atoms with E-state index in [2.05, 4.69) is 19.2 Å². The van der Waals surface area contributed by atoms with Crippen LogP contribution in [0.2, 0.25) is 0 Å². The molecule has 3 heteroatoms. The van der Waals surface area contributed by atoms with Crippen LogP contribution in [0.5, 0.6) is 0 Å². The Labute approximate surface area is 95.9 Å². The molecule has 0 aliphatic carbocycles. The van der Waals surface area contributed by atoms with Crippen LogP contribution in [0, 0.1) is 23.5 Å². The van der Waals surface area contributed by atoms with Gasteiger partial charge >= 0.3 is 0 Å². The van der Waals surface area contributed by atoms with Crippen LogP contribution >= 0.6 is 0 Å². The molecule has 2 atom stereocenters. The summed E-state index contributed by atoms with van der Waals surface area (Å²) in [6.45, 7) is 5.12. The standard InChI is InChI=1S/C13H19F2N/c1-9(10(2)8-16-3)6-11-4-5-12(14)7-13(11)15/h4-5,7,9-10,16H,6,8H2,1-3H3. The van der Waals surface area contributed by atoms with Crippen molar-refractivity contribution < 1.29 is 8.78 Å². The maximum absolute atomic E-state index is 13.4. The molecule has 0 fully saturated rings. The second-order valence-corrected chi connectivity index (χ2v) is 4.45. The van der Waals surface area contributed by atoms with Crippen LogP contribution in [-0.4, -0.2) is 13.6 Å². The first-order valence-electron chi connectivity index (χ1n) is 5.63. The van der Waals surface area contributed by atoms with Crippen LogP contribution in [0.25, 0.3) is 0 Å². The average molecular weight is 227 g/mol. The number of halogens is 2. The third-order valence-electron chi connectivity index (χ3n) is 3.05. The van der Waals surface area contributed by atoms with Gasteiger partial charge < -0.3 is 5.32 Å². The van der Waals surface area contributed by atoms with E-state index in [4.69, 9.17) is 0 Å². The second kappa shape index (κ2) is 5.94. The fourth-order valence-electron chi connectivity index (χ4n) is 1.76. The molecule has 0 radical (unpaired) electrons. The molecular weight excluding hydrogens is 208 g/mol. The Morgan fingerprint density at radius 1 is 1.19 bits per heavy atom. The predicted molar refractivity (Wildman–Crippen MR) is 62.3 cm³/mol. The largest absolute Gasteiger partial charge is 0.319 e. The summed E-state index contributed by atoms with van der Waals surface area (Å²) in [5.41, 5.74) is 0.594. The van der Waals surface area contributed by atoms with Crippen molar-refractivity contribution in [2.75, 3.05) is 13.6 Å². The van der Waals surface area contributed by atoms with Crippen molar-refractivity contribution in [2.45, 2.75) is 20.3 Å². The highest BCUT2D eigenvalue weighted by atomic mass is 19.1. The Balaban J connectivity index is 2.65. The van der Waals surface area contributed by atoms with Crippen LogP contribution < -0.4 is 5.32 Å². The van der Waals surface area contributed by atoms with Gasteiger partial charge in [0.2, 0.25) is 0 Å².